The second-order valence-electron chi connectivity index (χ2n) is 9.31. The van der Waals surface area contributed by atoms with Gasteiger partial charge >= 0.3 is 137 Å². The van der Waals surface area contributed by atoms with E-state index < -0.39 is 0 Å². The number of likely N-dealkylation sites (tertiary alicyclic amines) is 1. The van der Waals surface area contributed by atoms with Crippen LogP contribution in [0.1, 0.15) is 88.5 Å². The maximum atomic E-state index is 2.78. The van der Waals surface area contributed by atoms with E-state index in [2.05, 4.69) is 60.3 Å². The van der Waals surface area contributed by atoms with Crippen LogP contribution in [-0.4, -0.2) is 47.9 Å². The van der Waals surface area contributed by atoms with Gasteiger partial charge in [-0.3, -0.25) is 0 Å². The summed E-state index contributed by atoms with van der Waals surface area (Å²) in [5.41, 5.74) is 1.25. The van der Waals surface area contributed by atoms with Gasteiger partial charge in [0.05, 0.1) is 0 Å². The van der Waals surface area contributed by atoms with E-state index >= 15 is 0 Å². The van der Waals surface area contributed by atoms with E-state index in [-0.39, 0.29) is 0 Å². The van der Waals surface area contributed by atoms with E-state index in [0.29, 0.717) is 19.5 Å². The molecule has 1 heterocycles. The third kappa shape index (κ3) is 6.45. The molecule has 0 bridgehead atoms. The fourth-order valence-corrected chi connectivity index (χ4v) is 4.19. The Balaban J connectivity index is 0.00000191. The van der Waals surface area contributed by atoms with E-state index in [4.69, 9.17) is 0 Å². The Bertz CT molecular complexity index is 310. The summed E-state index contributed by atoms with van der Waals surface area (Å²) in [6, 6.07) is 0. The van der Waals surface area contributed by atoms with Crippen LogP contribution < -0.4 is 0 Å². The van der Waals surface area contributed by atoms with E-state index in [1.807, 2.05) is 13.8 Å². The molecule has 1 fully saturated rings. The van der Waals surface area contributed by atoms with Crippen LogP contribution in [0.4, 0.5) is 0 Å². The van der Waals surface area contributed by atoms with Gasteiger partial charge < -0.3 is 0 Å². The SMILES string of the molecule is CC.CC1(C)CCCN(C(C)(C)[C](C)(C)[In])CC(C)(C)C1. The number of rotatable bonds is 2. The van der Waals surface area contributed by atoms with Crippen molar-refractivity contribution < 1.29 is 0 Å². The monoisotopic (exact) mass is 397 g/mol. The molecule has 0 N–H and O–H groups in total. The zero-order chi connectivity index (χ0) is 17.1. The molecule has 0 saturated carbocycles. The molecule has 0 aliphatic carbocycles. The van der Waals surface area contributed by atoms with Crippen LogP contribution in [0.2, 0.25) is 3.17 Å². The zero-order valence-corrected chi connectivity index (χ0v) is 19.9. The normalized spacial score (nSPS) is 23.5. The van der Waals surface area contributed by atoms with Crippen molar-refractivity contribution in [1.82, 2.24) is 4.90 Å². The van der Waals surface area contributed by atoms with Gasteiger partial charge in [0.1, 0.15) is 0 Å². The molecule has 21 heavy (non-hydrogen) atoms. The number of hydrogen-bond acceptors (Lipinski definition) is 1. The van der Waals surface area contributed by atoms with Crippen LogP contribution in [0.5, 0.6) is 0 Å². The Morgan fingerprint density at radius 2 is 1.38 bits per heavy atom. The van der Waals surface area contributed by atoms with Crippen molar-refractivity contribution in [3.05, 3.63) is 0 Å². The average molecular weight is 397 g/mol. The number of hydrogen-bond donors (Lipinski definition) is 0. The van der Waals surface area contributed by atoms with E-state index in [9.17, 15) is 0 Å². The van der Waals surface area contributed by atoms with E-state index in [1.165, 1.54) is 56.7 Å². The van der Waals surface area contributed by atoms with Crippen molar-refractivity contribution >= 4 is 24.4 Å². The van der Waals surface area contributed by atoms with Crippen LogP contribution in [0.15, 0.2) is 0 Å². The van der Waals surface area contributed by atoms with Crippen LogP contribution in [-0.2, 0) is 0 Å². The van der Waals surface area contributed by atoms with E-state index in [0.717, 1.165) is 0 Å². The summed E-state index contributed by atoms with van der Waals surface area (Å²) in [5, 5.41) is 0. The third-order valence-electron chi connectivity index (χ3n) is 5.22. The molecule has 0 unspecified atom stereocenters. The Morgan fingerprint density at radius 3 is 1.81 bits per heavy atom. The molecule has 1 nitrogen and oxygen atoms in total. The predicted molar refractivity (Wildman–Crippen MR) is 98.2 cm³/mol. The van der Waals surface area contributed by atoms with Crippen LogP contribution in [0, 0.1) is 10.8 Å². The van der Waals surface area contributed by atoms with Crippen molar-refractivity contribution in [3.63, 3.8) is 0 Å². The van der Waals surface area contributed by atoms with Crippen molar-refractivity contribution in [2.24, 2.45) is 10.8 Å². The fourth-order valence-electron chi connectivity index (χ4n) is 3.67. The van der Waals surface area contributed by atoms with Gasteiger partial charge in [-0.15, -0.1) is 0 Å². The fraction of sp³-hybridized carbons (Fsp3) is 1.00. The first-order valence-electron chi connectivity index (χ1n) is 8.81. The summed E-state index contributed by atoms with van der Waals surface area (Å²) in [4.78, 5) is 2.78. The van der Waals surface area contributed by atoms with E-state index in [1.54, 1.807) is 0 Å². The summed E-state index contributed by atoms with van der Waals surface area (Å²) in [5.74, 6) is 0. The third-order valence-corrected chi connectivity index (χ3v) is 7.24. The molecule has 1 aliphatic heterocycles. The van der Waals surface area contributed by atoms with Crippen LogP contribution in [0.25, 0.3) is 0 Å². The molecular weight excluding hydrogens is 357 g/mol. The zero-order valence-electron chi connectivity index (χ0n) is 16.6. The summed E-state index contributed by atoms with van der Waals surface area (Å²) in [6.45, 7) is 26.1. The van der Waals surface area contributed by atoms with Crippen molar-refractivity contribution in [2.75, 3.05) is 13.1 Å². The summed E-state index contributed by atoms with van der Waals surface area (Å²) >= 11 is 1.32. The molecule has 2 heteroatoms. The molecule has 1 rings (SSSR count). The van der Waals surface area contributed by atoms with Crippen LogP contribution in [0.3, 0.4) is 0 Å². The predicted octanol–water partition coefficient (Wildman–Crippen LogP) is 5.70. The van der Waals surface area contributed by atoms with Crippen molar-refractivity contribution in [1.29, 1.82) is 0 Å². The molecule has 0 atom stereocenters. The first-order chi connectivity index (χ1) is 9.27. The van der Waals surface area contributed by atoms with Gasteiger partial charge in [-0.1, -0.05) is 13.8 Å². The Labute approximate surface area is 150 Å². The average Bonchev–Trinajstić information content (AvgIpc) is 2.25. The molecule has 124 valence electrons. The Morgan fingerprint density at radius 1 is 0.905 bits per heavy atom. The van der Waals surface area contributed by atoms with Gasteiger partial charge in [0, 0.05) is 0 Å². The summed E-state index contributed by atoms with van der Waals surface area (Å²) in [7, 11) is 0. The molecule has 1 aliphatic rings. The van der Waals surface area contributed by atoms with Gasteiger partial charge in [0.25, 0.3) is 0 Å². The first kappa shape index (κ1) is 21.8. The second kappa shape index (κ2) is 7.60. The molecule has 1 saturated heterocycles. The summed E-state index contributed by atoms with van der Waals surface area (Å²) in [6.07, 6.45) is 4.06. The minimum absolute atomic E-state index is 0.313. The molecular formula is C19H40InN. The molecule has 0 aromatic rings. The molecule has 0 aromatic heterocycles. The summed E-state index contributed by atoms with van der Waals surface area (Å²) < 4.78 is 0.447. The van der Waals surface area contributed by atoms with Gasteiger partial charge in [-0.2, -0.15) is 0 Å². The molecule has 0 aromatic carbocycles. The van der Waals surface area contributed by atoms with Crippen LogP contribution >= 0.6 is 0 Å². The quantitative estimate of drug-likeness (QED) is 0.578. The first-order valence-corrected chi connectivity index (χ1v) is 10.5. The van der Waals surface area contributed by atoms with Gasteiger partial charge in [0.2, 0.25) is 0 Å². The van der Waals surface area contributed by atoms with Crippen molar-refractivity contribution in [2.45, 2.75) is 97.2 Å². The molecule has 0 spiro atoms. The Hall–Kier alpha value is 0.830. The van der Waals surface area contributed by atoms with Crippen molar-refractivity contribution in [3.8, 4) is 0 Å². The molecule has 0 amide bonds. The molecule has 2 radical (unpaired) electrons. The second-order valence-corrected chi connectivity index (χ2v) is 13.4. The van der Waals surface area contributed by atoms with Gasteiger partial charge in [0.15, 0.2) is 0 Å². The van der Waals surface area contributed by atoms with Gasteiger partial charge in [-0.05, 0) is 0 Å². The number of nitrogens with zero attached hydrogens (tertiary/aromatic N) is 1. The maximum absolute atomic E-state index is 2.78. The topological polar surface area (TPSA) is 3.24 Å². The standard InChI is InChI=1S/C17H34N.C2H6.In/c1-14(2)17(7,8)18-11-9-10-15(3,4)12-16(5,6)13-18;1-2;/h9-13H2,1-8H3;1-2H3;. The minimum atomic E-state index is 0.313. The van der Waals surface area contributed by atoms with Gasteiger partial charge in [-0.25, -0.2) is 0 Å². The Kier molecular flexibility index (Phi) is 7.90.